The van der Waals surface area contributed by atoms with Crippen molar-refractivity contribution in [3.05, 3.63) is 12.3 Å². The van der Waals surface area contributed by atoms with Crippen LogP contribution in [0.25, 0.3) is 0 Å². The molecule has 1 rings (SSSR count). The van der Waals surface area contributed by atoms with Gasteiger partial charge in [0, 0.05) is 32.4 Å². The number of nitrogens with one attached hydrogen (secondary N) is 1. The van der Waals surface area contributed by atoms with Crippen LogP contribution in [0.3, 0.4) is 0 Å². The van der Waals surface area contributed by atoms with Gasteiger partial charge in [-0.15, -0.1) is 0 Å². The minimum Gasteiger partial charge on any atom is -0.377 e. The van der Waals surface area contributed by atoms with Crippen LogP contribution < -0.4 is 5.32 Å². The molecule has 2 nitrogen and oxygen atoms in total. The molecule has 1 aliphatic heterocycles. The van der Waals surface area contributed by atoms with Gasteiger partial charge in [-0.25, -0.2) is 0 Å². The lowest BCUT2D eigenvalue weighted by molar-refractivity contribution is 0.429. The van der Waals surface area contributed by atoms with Crippen LogP contribution in [0.2, 0.25) is 0 Å². The van der Waals surface area contributed by atoms with Crippen LogP contribution in [0.4, 0.5) is 0 Å². The van der Waals surface area contributed by atoms with E-state index in [2.05, 4.69) is 23.8 Å². The Morgan fingerprint density at radius 2 is 2.33 bits per heavy atom. The van der Waals surface area contributed by atoms with Gasteiger partial charge in [0.1, 0.15) is 0 Å². The monoisotopic (exact) mass is 126 g/mol. The average Bonchev–Trinajstić information content (AvgIpc) is 1.99. The molecule has 1 fully saturated rings. The summed E-state index contributed by atoms with van der Waals surface area (Å²) in [5, 5.41) is 3.31. The normalized spacial score (nSPS) is 21.9. The summed E-state index contributed by atoms with van der Waals surface area (Å²) in [6.07, 6.45) is 1.09. The van der Waals surface area contributed by atoms with Gasteiger partial charge in [0.05, 0.1) is 0 Å². The quantitative estimate of drug-likeness (QED) is 0.506. The van der Waals surface area contributed by atoms with E-state index in [9.17, 15) is 0 Å². The summed E-state index contributed by atoms with van der Waals surface area (Å²) in [6.45, 7) is 7.22. The van der Waals surface area contributed by atoms with Crippen molar-refractivity contribution in [2.75, 3.05) is 26.7 Å². The van der Waals surface area contributed by atoms with Gasteiger partial charge in [0.25, 0.3) is 0 Å². The van der Waals surface area contributed by atoms with E-state index in [4.69, 9.17) is 0 Å². The summed E-state index contributed by atoms with van der Waals surface area (Å²) in [5.41, 5.74) is 1.25. The molecule has 0 unspecified atom stereocenters. The third kappa shape index (κ3) is 1.72. The molecule has 0 amide bonds. The molecule has 2 heteroatoms. The third-order valence-electron chi connectivity index (χ3n) is 1.75. The molecule has 0 aromatic carbocycles. The van der Waals surface area contributed by atoms with E-state index in [0.29, 0.717) is 0 Å². The van der Waals surface area contributed by atoms with E-state index >= 15 is 0 Å². The number of hydrogen-bond donors (Lipinski definition) is 1. The van der Waals surface area contributed by atoms with Crippen molar-refractivity contribution in [1.82, 2.24) is 10.2 Å². The highest BCUT2D eigenvalue weighted by atomic mass is 15.1. The van der Waals surface area contributed by atoms with E-state index in [1.54, 1.807) is 0 Å². The van der Waals surface area contributed by atoms with Crippen molar-refractivity contribution in [2.45, 2.75) is 6.42 Å². The van der Waals surface area contributed by atoms with Crippen LogP contribution in [0.5, 0.6) is 0 Å². The fourth-order valence-electron chi connectivity index (χ4n) is 0.953. The number of likely N-dealkylation sites (N-methyl/N-ethyl adjacent to an activating group) is 1. The van der Waals surface area contributed by atoms with Crippen molar-refractivity contribution in [2.24, 2.45) is 0 Å². The molecule has 0 spiro atoms. The van der Waals surface area contributed by atoms with Gasteiger partial charge in [-0.05, 0) is 6.42 Å². The molecule has 1 N–H and O–H groups in total. The summed E-state index contributed by atoms with van der Waals surface area (Å²) in [7, 11) is 2.09. The predicted octanol–water partition coefficient (Wildman–Crippen LogP) is 0.425. The molecule has 0 bridgehead atoms. The Hall–Kier alpha value is -0.500. The maximum atomic E-state index is 3.94. The Morgan fingerprint density at radius 1 is 1.56 bits per heavy atom. The molecule has 52 valence electrons. The number of rotatable bonds is 0. The Kier molecular flexibility index (Phi) is 2.11. The van der Waals surface area contributed by atoms with Gasteiger partial charge in [0.15, 0.2) is 0 Å². The van der Waals surface area contributed by atoms with Crippen molar-refractivity contribution in [1.29, 1.82) is 0 Å². The smallest absolute Gasteiger partial charge is 0.0296 e. The van der Waals surface area contributed by atoms with Crippen molar-refractivity contribution < 1.29 is 0 Å². The van der Waals surface area contributed by atoms with E-state index in [-0.39, 0.29) is 0 Å². The van der Waals surface area contributed by atoms with Gasteiger partial charge in [0.2, 0.25) is 0 Å². The first-order valence-electron chi connectivity index (χ1n) is 3.40. The molecule has 0 radical (unpaired) electrons. The predicted molar refractivity (Wildman–Crippen MR) is 39.3 cm³/mol. The minimum atomic E-state index is 1.09. The van der Waals surface area contributed by atoms with Crippen molar-refractivity contribution in [3.8, 4) is 0 Å². The van der Waals surface area contributed by atoms with Gasteiger partial charge in [-0.1, -0.05) is 6.58 Å². The zero-order chi connectivity index (χ0) is 6.69. The molecule has 0 saturated carbocycles. The minimum absolute atomic E-state index is 1.09. The highest BCUT2D eigenvalue weighted by Gasteiger charge is 2.04. The zero-order valence-corrected chi connectivity index (χ0v) is 5.98. The van der Waals surface area contributed by atoms with E-state index < -0.39 is 0 Å². The van der Waals surface area contributed by atoms with Crippen LogP contribution in [0.1, 0.15) is 6.42 Å². The van der Waals surface area contributed by atoms with E-state index in [1.165, 1.54) is 5.70 Å². The lowest BCUT2D eigenvalue weighted by atomic mass is 10.3. The lowest BCUT2D eigenvalue weighted by Gasteiger charge is -2.16. The zero-order valence-electron chi connectivity index (χ0n) is 5.98. The van der Waals surface area contributed by atoms with Gasteiger partial charge in [-0.2, -0.15) is 0 Å². The molecule has 1 heterocycles. The summed E-state index contributed by atoms with van der Waals surface area (Å²) < 4.78 is 0. The average molecular weight is 126 g/mol. The first-order valence-corrected chi connectivity index (χ1v) is 3.40. The Bertz CT molecular complexity index is 109. The third-order valence-corrected chi connectivity index (χ3v) is 1.75. The van der Waals surface area contributed by atoms with Gasteiger partial charge in [-0.3, -0.25) is 0 Å². The van der Waals surface area contributed by atoms with Crippen LogP contribution in [0, 0.1) is 0 Å². The molecule has 0 atom stereocenters. The maximum absolute atomic E-state index is 3.94. The Labute approximate surface area is 56.5 Å². The molecule has 0 aliphatic carbocycles. The van der Waals surface area contributed by atoms with Gasteiger partial charge < -0.3 is 10.2 Å². The van der Waals surface area contributed by atoms with E-state index in [0.717, 1.165) is 26.1 Å². The second-order valence-corrected chi connectivity index (χ2v) is 2.49. The molecule has 9 heavy (non-hydrogen) atoms. The van der Waals surface area contributed by atoms with Gasteiger partial charge >= 0.3 is 0 Å². The van der Waals surface area contributed by atoms with Crippen LogP contribution >= 0.6 is 0 Å². The number of hydrogen-bond acceptors (Lipinski definition) is 2. The summed E-state index contributed by atoms with van der Waals surface area (Å²) in [5.74, 6) is 0. The second kappa shape index (κ2) is 2.87. The van der Waals surface area contributed by atoms with Crippen LogP contribution in [-0.2, 0) is 0 Å². The van der Waals surface area contributed by atoms with Crippen molar-refractivity contribution in [3.63, 3.8) is 0 Å². The Morgan fingerprint density at radius 3 is 3.11 bits per heavy atom. The molecule has 0 aromatic rings. The van der Waals surface area contributed by atoms with Crippen LogP contribution in [-0.4, -0.2) is 31.6 Å². The Balaban J connectivity index is 2.41. The molecule has 0 aromatic heterocycles. The summed E-state index contributed by atoms with van der Waals surface area (Å²) in [6, 6.07) is 0. The first-order chi connectivity index (χ1) is 4.30. The largest absolute Gasteiger partial charge is 0.377 e. The fourth-order valence-corrected chi connectivity index (χ4v) is 0.953. The molecular formula is C7H14N2. The number of nitrogens with zero attached hydrogens (tertiary/aromatic N) is 1. The van der Waals surface area contributed by atoms with Crippen LogP contribution in [0.15, 0.2) is 12.3 Å². The topological polar surface area (TPSA) is 15.3 Å². The van der Waals surface area contributed by atoms with Crippen molar-refractivity contribution >= 4 is 0 Å². The molecule has 1 saturated heterocycles. The SMILES string of the molecule is C=C1CCNCCN1C. The summed E-state index contributed by atoms with van der Waals surface area (Å²) >= 11 is 0. The standard InChI is InChI=1S/C7H14N2/c1-7-3-4-8-5-6-9(7)2/h8H,1,3-6H2,2H3. The fraction of sp³-hybridized carbons (Fsp3) is 0.714. The highest BCUT2D eigenvalue weighted by Crippen LogP contribution is 2.03. The van der Waals surface area contributed by atoms with E-state index in [1.807, 2.05) is 0 Å². The maximum Gasteiger partial charge on any atom is 0.0296 e. The lowest BCUT2D eigenvalue weighted by Crippen LogP contribution is -2.22. The summed E-state index contributed by atoms with van der Waals surface area (Å²) in [4.78, 5) is 2.21. The highest BCUT2D eigenvalue weighted by molar-refractivity contribution is 4.94. The molecule has 1 aliphatic rings. The first kappa shape index (κ1) is 6.62. The second-order valence-electron chi connectivity index (χ2n) is 2.49. The molecular weight excluding hydrogens is 112 g/mol.